The predicted molar refractivity (Wildman–Crippen MR) is 127 cm³/mol. The molecule has 6 heteroatoms. The number of aliphatic hydroxyl groups excluding tert-OH is 1. The molecule has 0 amide bonds. The largest absolute Gasteiger partial charge is 0.396 e. The molecule has 1 atom stereocenters. The number of nitrogens with one attached hydrogen (secondary N) is 2. The summed E-state index contributed by atoms with van der Waals surface area (Å²) in [6.07, 6.45) is 2.65. The quantitative estimate of drug-likeness (QED) is 0.298. The van der Waals surface area contributed by atoms with Gasteiger partial charge in [-0.05, 0) is 42.5 Å². The maximum Gasteiger partial charge on any atom is 0.191 e. The first-order chi connectivity index (χ1) is 13.2. The summed E-state index contributed by atoms with van der Waals surface area (Å²) < 4.78 is 5.56. The summed E-state index contributed by atoms with van der Waals surface area (Å²) in [5, 5.41) is 18.7. The van der Waals surface area contributed by atoms with E-state index in [-0.39, 0.29) is 36.0 Å². The van der Waals surface area contributed by atoms with Crippen LogP contribution < -0.4 is 10.6 Å². The van der Waals surface area contributed by atoms with E-state index in [1.807, 2.05) is 0 Å². The van der Waals surface area contributed by atoms with Gasteiger partial charge in [0.25, 0.3) is 0 Å². The molecule has 0 aliphatic carbocycles. The summed E-state index contributed by atoms with van der Waals surface area (Å²) in [6.45, 7) is 6.04. The second kappa shape index (κ2) is 11.6. The molecule has 2 aromatic rings. The van der Waals surface area contributed by atoms with Crippen LogP contribution in [0.1, 0.15) is 25.3 Å². The minimum atomic E-state index is -0.0184. The number of halogens is 1. The second-order valence-electron chi connectivity index (χ2n) is 7.33. The Bertz CT molecular complexity index is 760. The van der Waals surface area contributed by atoms with Crippen LogP contribution in [0.25, 0.3) is 10.8 Å². The topological polar surface area (TPSA) is 65.9 Å². The number of hydrogen-bond donors (Lipinski definition) is 3. The minimum absolute atomic E-state index is 0. The van der Waals surface area contributed by atoms with Gasteiger partial charge in [0.2, 0.25) is 0 Å². The molecule has 28 heavy (non-hydrogen) atoms. The number of aliphatic imine (C=N–C) groups is 1. The van der Waals surface area contributed by atoms with E-state index >= 15 is 0 Å². The van der Waals surface area contributed by atoms with Crippen LogP contribution in [0.2, 0.25) is 0 Å². The average molecular weight is 497 g/mol. The van der Waals surface area contributed by atoms with Crippen LogP contribution in [0.5, 0.6) is 0 Å². The lowest BCUT2D eigenvalue weighted by molar-refractivity contribution is 0.131. The Hall–Kier alpha value is -1.38. The molecule has 5 nitrogen and oxygen atoms in total. The molecular weight excluding hydrogens is 465 g/mol. The van der Waals surface area contributed by atoms with Crippen molar-refractivity contribution in [2.75, 3.05) is 39.5 Å². The highest BCUT2D eigenvalue weighted by atomic mass is 127. The SMILES string of the molecule is CCNC(=NCC1(CCO)CCOC1)NCCc1ccc2ccccc2c1.I. The highest BCUT2D eigenvalue weighted by molar-refractivity contribution is 14.0. The number of fused-ring (bicyclic) bond motifs is 1. The van der Waals surface area contributed by atoms with E-state index in [4.69, 9.17) is 9.73 Å². The van der Waals surface area contributed by atoms with Crippen molar-refractivity contribution in [3.8, 4) is 0 Å². The van der Waals surface area contributed by atoms with Crippen LogP contribution in [-0.2, 0) is 11.2 Å². The van der Waals surface area contributed by atoms with Crippen LogP contribution in [0.3, 0.4) is 0 Å². The van der Waals surface area contributed by atoms with Crippen LogP contribution in [0.15, 0.2) is 47.5 Å². The van der Waals surface area contributed by atoms with Crippen LogP contribution in [-0.4, -0.2) is 50.5 Å². The Labute approximate surface area is 185 Å². The summed E-state index contributed by atoms with van der Waals surface area (Å²) in [5.41, 5.74) is 1.30. The molecule has 1 unspecified atom stereocenters. The van der Waals surface area contributed by atoms with E-state index < -0.39 is 0 Å². The Morgan fingerprint density at radius 2 is 2.00 bits per heavy atom. The van der Waals surface area contributed by atoms with Gasteiger partial charge in [-0.15, -0.1) is 24.0 Å². The third kappa shape index (κ3) is 6.32. The molecule has 0 saturated carbocycles. The fraction of sp³-hybridized carbons (Fsp3) is 0.500. The van der Waals surface area contributed by atoms with E-state index in [1.54, 1.807) is 0 Å². The summed E-state index contributed by atoms with van der Waals surface area (Å²) in [7, 11) is 0. The van der Waals surface area contributed by atoms with Gasteiger partial charge in [-0.1, -0.05) is 42.5 Å². The van der Waals surface area contributed by atoms with Gasteiger partial charge in [0.15, 0.2) is 5.96 Å². The molecule has 1 aliphatic heterocycles. The van der Waals surface area contributed by atoms with Crippen molar-refractivity contribution < 1.29 is 9.84 Å². The zero-order valence-electron chi connectivity index (χ0n) is 16.6. The maximum atomic E-state index is 9.37. The summed E-state index contributed by atoms with van der Waals surface area (Å²) in [5.74, 6) is 0.836. The van der Waals surface area contributed by atoms with Crippen LogP contribution in [0, 0.1) is 5.41 Å². The van der Waals surface area contributed by atoms with Gasteiger partial charge in [0.1, 0.15) is 0 Å². The first-order valence-electron chi connectivity index (χ1n) is 9.93. The molecular formula is C22H32IN3O2. The molecule has 1 saturated heterocycles. The third-order valence-corrected chi connectivity index (χ3v) is 5.26. The van der Waals surface area contributed by atoms with Crippen molar-refractivity contribution in [3.05, 3.63) is 48.0 Å². The minimum Gasteiger partial charge on any atom is -0.396 e. The Morgan fingerprint density at radius 1 is 1.18 bits per heavy atom. The molecule has 1 heterocycles. The van der Waals surface area contributed by atoms with E-state index in [2.05, 4.69) is 60.0 Å². The van der Waals surface area contributed by atoms with Crippen molar-refractivity contribution >= 4 is 40.7 Å². The molecule has 0 aromatic heterocycles. The first kappa shape index (κ1) is 22.9. The summed E-state index contributed by atoms with van der Waals surface area (Å²) in [4.78, 5) is 4.77. The van der Waals surface area contributed by atoms with Gasteiger partial charge in [-0.3, -0.25) is 4.99 Å². The van der Waals surface area contributed by atoms with Crippen molar-refractivity contribution in [2.24, 2.45) is 10.4 Å². The molecule has 1 fully saturated rings. The van der Waals surface area contributed by atoms with Gasteiger partial charge in [-0.25, -0.2) is 0 Å². The molecule has 0 radical (unpaired) electrons. The fourth-order valence-corrected chi connectivity index (χ4v) is 3.60. The summed E-state index contributed by atoms with van der Waals surface area (Å²) >= 11 is 0. The van der Waals surface area contributed by atoms with Crippen LogP contribution in [0.4, 0.5) is 0 Å². The van der Waals surface area contributed by atoms with Crippen molar-refractivity contribution in [2.45, 2.75) is 26.2 Å². The lowest BCUT2D eigenvalue weighted by Crippen LogP contribution is -2.39. The van der Waals surface area contributed by atoms with E-state index in [0.717, 1.165) is 44.9 Å². The molecule has 1 aliphatic rings. The van der Waals surface area contributed by atoms with Crippen LogP contribution >= 0.6 is 24.0 Å². The Kier molecular flexibility index (Phi) is 9.47. The third-order valence-electron chi connectivity index (χ3n) is 5.26. The smallest absolute Gasteiger partial charge is 0.191 e. The molecule has 3 N–H and O–H groups in total. The molecule has 0 bridgehead atoms. The zero-order chi connectivity index (χ0) is 19.0. The highest BCUT2D eigenvalue weighted by Crippen LogP contribution is 2.32. The first-order valence-corrected chi connectivity index (χ1v) is 9.93. The standard InChI is InChI=1S/C22H31N3O2.HI/c1-2-23-21(25-16-22(10-13-26)11-14-27-17-22)24-12-9-18-7-8-19-5-3-4-6-20(19)15-18;/h3-8,15,26H,2,9-14,16-17H2,1H3,(H2,23,24,25);1H. The predicted octanol–water partition coefficient (Wildman–Crippen LogP) is 3.34. The maximum absolute atomic E-state index is 9.37. The lowest BCUT2D eigenvalue weighted by atomic mass is 9.84. The van der Waals surface area contributed by atoms with Gasteiger partial charge >= 0.3 is 0 Å². The molecule has 2 aromatic carbocycles. The Balaban J connectivity index is 0.00000280. The second-order valence-corrected chi connectivity index (χ2v) is 7.33. The van der Waals surface area contributed by atoms with Crippen molar-refractivity contribution in [1.29, 1.82) is 0 Å². The number of guanidine groups is 1. The van der Waals surface area contributed by atoms with E-state index in [0.29, 0.717) is 13.2 Å². The fourth-order valence-electron chi connectivity index (χ4n) is 3.60. The number of hydrogen-bond acceptors (Lipinski definition) is 3. The monoisotopic (exact) mass is 497 g/mol. The number of rotatable bonds is 8. The van der Waals surface area contributed by atoms with Gasteiger partial charge in [-0.2, -0.15) is 0 Å². The van der Waals surface area contributed by atoms with Crippen molar-refractivity contribution in [1.82, 2.24) is 10.6 Å². The van der Waals surface area contributed by atoms with Gasteiger partial charge < -0.3 is 20.5 Å². The molecule has 0 spiro atoms. The average Bonchev–Trinajstić information content (AvgIpc) is 3.15. The highest BCUT2D eigenvalue weighted by Gasteiger charge is 2.34. The molecule has 154 valence electrons. The van der Waals surface area contributed by atoms with Gasteiger partial charge in [0.05, 0.1) is 13.2 Å². The number of benzene rings is 2. The number of ether oxygens (including phenoxy) is 1. The number of aliphatic hydroxyl groups is 1. The summed E-state index contributed by atoms with van der Waals surface area (Å²) in [6, 6.07) is 15.1. The zero-order valence-corrected chi connectivity index (χ0v) is 18.9. The normalized spacial score (nSPS) is 19.4. The van der Waals surface area contributed by atoms with E-state index in [9.17, 15) is 5.11 Å². The van der Waals surface area contributed by atoms with Crippen molar-refractivity contribution in [3.63, 3.8) is 0 Å². The molecule has 3 rings (SSSR count). The Morgan fingerprint density at radius 3 is 2.71 bits per heavy atom. The van der Waals surface area contributed by atoms with Gasteiger partial charge in [0, 0.05) is 31.7 Å². The van der Waals surface area contributed by atoms with E-state index in [1.165, 1.54) is 16.3 Å². The number of nitrogens with zero attached hydrogens (tertiary/aromatic N) is 1. The lowest BCUT2D eigenvalue weighted by Gasteiger charge is -2.24.